The molecular weight excluding hydrogens is 294 g/mol. The van der Waals surface area contributed by atoms with E-state index in [1.54, 1.807) is 0 Å². The van der Waals surface area contributed by atoms with Crippen LogP contribution >= 0.6 is 0 Å². The predicted octanol–water partition coefficient (Wildman–Crippen LogP) is 5.55. The van der Waals surface area contributed by atoms with E-state index in [1.165, 1.54) is 25.9 Å². The van der Waals surface area contributed by atoms with Gasteiger partial charge in [-0.15, -0.1) is 0 Å². The normalized spacial score (nSPS) is 13.4. The third kappa shape index (κ3) is 33.5. The Morgan fingerprint density at radius 1 is 0.625 bits per heavy atom. The summed E-state index contributed by atoms with van der Waals surface area (Å²) in [5.74, 6) is 0. The second kappa shape index (κ2) is 25.1. The van der Waals surface area contributed by atoms with Crippen LogP contribution < -0.4 is 10.6 Å². The molecule has 0 unspecified atom stereocenters. The Morgan fingerprint density at radius 3 is 1.00 bits per heavy atom. The molecule has 0 saturated carbocycles. The number of nitrogens with zero attached hydrogens (tertiary/aromatic N) is 1. The number of nitrogens with one attached hydrogen (secondary N) is 2. The third-order valence-electron chi connectivity index (χ3n) is 3.11. The van der Waals surface area contributed by atoms with Gasteiger partial charge in [0.15, 0.2) is 0 Å². The van der Waals surface area contributed by atoms with Crippen molar-refractivity contribution in [1.29, 1.82) is 0 Å². The summed E-state index contributed by atoms with van der Waals surface area (Å²) in [7, 11) is 1.95. The summed E-state index contributed by atoms with van der Waals surface area (Å²) in [5.41, 5.74) is 0. The highest BCUT2D eigenvalue weighted by Gasteiger charge is 2.13. The van der Waals surface area contributed by atoms with Crippen molar-refractivity contribution in [3.05, 3.63) is 0 Å². The first kappa shape index (κ1) is 31.6. The largest absolute Gasteiger partial charge is 0.318 e. The van der Waals surface area contributed by atoms with Crippen molar-refractivity contribution in [3.8, 4) is 0 Å². The molecule has 0 aromatic carbocycles. The molecule has 1 fully saturated rings. The first-order valence-corrected chi connectivity index (χ1v) is 10.4. The van der Waals surface area contributed by atoms with Crippen LogP contribution in [0.25, 0.3) is 0 Å². The Labute approximate surface area is 156 Å². The second-order valence-electron chi connectivity index (χ2n) is 6.76. The van der Waals surface area contributed by atoms with Crippen LogP contribution in [0.5, 0.6) is 0 Å². The standard InChI is InChI=1S/C7H15N.C6H15N.C4H11N.2C2H6/c1-7(2)8-5-3-4-6-8;1-5(2)7-6(3)4;1-4(2)5-3;2*1-2/h7H,3-6H2,1-2H3;5-7H,1-4H3;4-5H,1-3H3;2*1-2H3. The lowest BCUT2D eigenvalue weighted by atomic mass is 10.3. The topological polar surface area (TPSA) is 27.3 Å². The maximum absolute atomic E-state index is 3.31. The van der Waals surface area contributed by atoms with Crippen LogP contribution in [0.15, 0.2) is 0 Å². The van der Waals surface area contributed by atoms with Gasteiger partial charge in [0, 0.05) is 24.2 Å². The van der Waals surface area contributed by atoms with E-state index in [1.807, 2.05) is 34.7 Å². The molecule has 152 valence electrons. The lowest BCUT2D eigenvalue weighted by Gasteiger charge is -2.18. The quantitative estimate of drug-likeness (QED) is 0.698. The summed E-state index contributed by atoms with van der Waals surface area (Å²) in [6.45, 7) is 28.0. The van der Waals surface area contributed by atoms with Crippen LogP contribution in [0, 0.1) is 0 Å². The van der Waals surface area contributed by atoms with E-state index < -0.39 is 0 Å². The summed E-state index contributed by atoms with van der Waals surface area (Å²) in [6, 6.07) is 2.66. The van der Waals surface area contributed by atoms with Gasteiger partial charge in [0.1, 0.15) is 0 Å². The lowest BCUT2D eigenvalue weighted by Crippen LogP contribution is -2.29. The molecule has 0 atom stereocenters. The van der Waals surface area contributed by atoms with Crippen LogP contribution in [0.3, 0.4) is 0 Å². The monoisotopic (exact) mass is 347 g/mol. The zero-order valence-corrected chi connectivity index (χ0v) is 19.6. The van der Waals surface area contributed by atoms with E-state index in [4.69, 9.17) is 0 Å². The Kier molecular flexibility index (Phi) is 33.1. The van der Waals surface area contributed by atoms with Gasteiger partial charge in [-0.3, -0.25) is 0 Å². The zero-order chi connectivity index (χ0) is 20.1. The van der Waals surface area contributed by atoms with Gasteiger partial charge < -0.3 is 15.5 Å². The van der Waals surface area contributed by atoms with E-state index >= 15 is 0 Å². The molecule has 0 aromatic rings. The third-order valence-corrected chi connectivity index (χ3v) is 3.11. The molecule has 1 aliphatic rings. The number of hydrogen-bond donors (Lipinski definition) is 2. The van der Waals surface area contributed by atoms with Crippen LogP contribution in [-0.2, 0) is 0 Å². The van der Waals surface area contributed by atoms with Gasteiger partial charge in [0.25, 0.3) is 0 Å². The van der Waals surface area contributed by atoms with E-state index in [-0.39, 0.29) is 0 Å². The average molecular weight is 348 g/mol. The highest BCUT2D eigenvalue weighted by molar-refractivity contribution is 4.68. The Morgan fingerprint density at radius 2 is 0.917 bits per heavy atom. The Hall–Kier alpha value is -0.120. The van der Waals surface area contributed by atoms with E-state index in [0.29, 0.717) is 18.1 Å². The fraction of sp³-hybridized carbons (Fsp3) is 1.00. The minimum atomic E-state index is 0.625. The van der Waals surface area contributed by atoms with Crippen molar-refractivity contribution in [2.24, 2.45) is 0 Å². The smallest absolute Gasteiger partial charge is 0.00385 e. The van der Waals surface area contributed by atoms with Gasteiger partial charge >= 0.3 is 0 Å². The predicted molar refractivity (Wildman–Crippen MR) is 116 cm³/mol. The molecule has 0 bridgehead atoms. The summed E-state index contributed by atoms with van der Waals surface area (Å²) >= 11 is 0. The van der Waals surface area contributed by atoms with Gasteiger partial charge in [-0.2, -0.15) is 0 Å². The molecule has 0 aliphatic carbocycles. The number of rotatable bonds is 4. The molecule has 2 N–H and O–H groups in total. The molecule has 1 saturated heterocycles. The molecule has 1 rings (SSSR count). The Balaban J connectivity index is -0.000000115. The minimum absolute atomic E-state index is 0.625. The SMILES string of the molecule is CC.CC.CC(C)N1CCCC1.CC(C)NC(C)C.CNC(C)C. The van der Waals surface area contributed by atoms with Gasteiger partial charge in [-0.05, 0) is 46.8 Å². The molecular formula is C21H53N3. The molecule has 0 amide bonds. The molecule has 1 aliphatic heterocycles. The first-order chi connectivity index (χ1) is 11.2. The maximum Gasteiger partial charge on any atom is 0.00385 e. The zero-order valence-electron chi connectivity index (χ0n) is 19.6. The van der Waals surface area contributed by atoms with E-state index in [2.05, 4.69) is 70.9 Å². The minimum Gasteiger partial charge on any atom is -0.318 e. The highest BCUT2D eigenvalue weighted by atomic mass is 15.2. The maximum atomic E-state index is 3.31. The van der Waals surface area contributed by atoms with Crippen molar-refractivity contribution >= 4 is 0 Å². The van der Waals surface area contributed by atoms with Crippen molar-refractivity contribution in [3.63, 3.8) is 0 Å². The molecule has 24 heavy (non-hydrogen) atoms. The van der Waals surface area contributed by atoms with Crippen LogP contribution in [0.4, 0.5) is 0 Å². The van der Waals surface area contributed by atoms with Gasteiger partial charge in [0.05, 0.1) is 0 Å². The number of likely N-dealkylation sites (tertiary alicyclic amines) is 1. The molecule has 0 aromatic heterocycles. The molecule has 3 nitrogen and oxygen atoms in total. The van der Waals surface area contributed by atoms with Gasteiger partial charge in [-0.1, -0.05) is 69.2 Å². The van der Waals surface area contributed by atoms with E-state index in [0.717, 1.165) is 6.04 Å². The van der Waals surface area contributed by atoms with Crippen LogP contribution in [0.1, 0.15) is 95.9 Å². The van der Waals surface area contributed by atoms with Gasteiger partial charge in [-0.25, -0.2) is 0 Å². The van der Waals surface area contributed by atoms with Gasteiger partial charge in [0.2, 0.25) is 0 Å². The van der Waals surface area contributed by atoms with Crippen molar-refractivity contribution in [1.82, 2.24) is 15.5 Å². The summed E-state index contributed by atoms with van der Waals surface area (Å²) in [5, 5.41) is 6.33. The number of hydrogen-bond acceptors (Lipinski definition) is 3. The Bertz CT molecular complexity index is 178. The first-order valence-electron chi connectivity index (χ1n) is 10.4. The average Bonchev–Trinajstić information content (AvgIpc) is 3.06. The molecule has 0 spiro atoms. The second-order valence-corrected chi connectivity index (χ2v) is 6.76. The van der Waals surface area contributed by atoms with Crippen LogP contribution in [0.2, 0.25) is 0 Å². The summed E-state index contributed by atoms with van der Waals surface area (Å²) in [4.78, 5) is 2.53. The molecule has 1 heterocycles. The van der Waals surface area contributed by atoms with Crippen molar-refractivity contribution < 1.29 is 0 Å². The van der Waals surface area contributed by atoms with Crippen molar-refractivity contribution in [2.75, 3.05) is 20.1 Å². The van der Waals surface area contributed by atoms with Crippen molar-refractivity contribution in [2.45, 2.75) is 120 Å². The molecule has 0 radical (unpaired) electrons. The molecule has 3 heteroatoms. The lowest BCUT2D eigenvalue weighted by molar-refractivity contribution is 0.276. The fourth-order valence-corrected chi connectivity index (χ4v) is 1.92. The highest BCUT2D eigenvalue weighted by Crippen LogP contribution is 2.09. The van der Waals surface area contributed by atoms with Crippen LogP contribution in [-0.4, -0.2) is 49.2 Å². The van der Waals surface area contributed by atoms with E-state index in [9.17, 15) is 0 Å². The fourth-order valence-electron chi connectivity index (χ4n) is 1.92. The summed E-state index contributed by atoms with van der Waals surface area (Å²) in [6.07, 6.45) is 2.83. The summed E-state index contributed by atoms with van der Waals surface area (Å²) < 4.78 is 0.